The van der Waals surface area contributed by atoms with E-state index in [1.807, 2.05) is 0 Å². The number of hydrogen-bond donors (Lipinski definition) is 0. The zero-order valence-corrected chi connectivity index (χ0v) is 21.0. The normalized spacial score (nSPS) is 15.2. The van der Waals surface area contributed by atoms with E-state index in [2.05, 4.69) is 72.3 Å². The van der Waals surface area contributed by atoms with Crippen molar-refractivity contribution >= 4 is 22.8 Å². The van der Waals surface area contributed by atoms with Crippen LogP contribution < -0.4 is 11.1 Å². The first-order chi connectivity index (χ1) is 16.8. The van der Waals surface area contributed by atoms with Gasteiger partial charge in [-0.25, -0.2) is 4.98 Å². The molecule has 7 heteroatoms. The first-order valence-corrected chi connectivity index (χ1v) is 12.4. The van der Waals surface area contributed by atoms with Gasteiger partial charge in [-0.1, -0.05) is 71.3 Å². The second-order valence-electron chi connectivity index (χ2n) is 9.53. The lowest BCUT2D eigenvalue weighted by atomic mass is 9.92. The van der Waals surface area contributed by atoms with Crippen LogP contribution in [0.4, 0.5) is 0 Å². The van der Waals surface area contributed by atoms with Gasteiger partial charge in [-0.05, 0) is 43.9 Å². The molecule has 6 nitrogen and oxygen atoms in total. The fourth-order valence-electron chi connectivity index (χ4n) is 5.34. The molecule has 35 heavy (non-hydrogen) atoms. The highest BCUT2D eigenvalue weighted by Crippen LogP contribution is 2.34. The van der Waals surface area contributed by atoms with Crippen LogP contribution in [0.15, 0.2) is 70.4 Å². The fourth-order valence-corrected chi connectivity index (χ4v) is 5.49. The molecule has 0 amide bonds. The molecule has 1 aliphatic heterocycles. The first-order valence-electron chi connectivity index (χ1n) is 12.0. The number of rotatable bonds is 4. The molecule has 2 aromatic heterocycles. The molecular weight excluding hydrogens is 460 g/mol. The Morgan fingerprint density at radius 3 is 2.09 bits per heavy atom. The van der Waals surface area contributed by atoms with E-state index >= 15 is 0 Å². The van der Waals surface area contributed by atoms with Gasteiger partial charge in [-0.15, -0.1) is 0 Å². The number of fused-ring (bicyclic) bond motifs is 1. The van der Waals surface area contributed by atoms with Crippen molar-refractivity contribution in [3.8, 4) is 0 Å². The lowest BCUT2D eigenvalue weighted by Gasteiger charge is -2.39. The molecule has 180 valence electrons. The Morgan fingerprint density at radius 2 is 1.51 bits per heavy atom. The summed E-state index contributed by atoms with van der Waals surface area (Å²) in [4.78, 5) is 32.7. The summed E-state index contributed by atoms with van der Waals surface area (Å²) in [6, 6.07) is 19.1. The number of pyridine rings is 1. The van der Waals surface area contributed by atoms with Crippen molar-refractivity contribution in [2.45, 2.75) is 38.8 Å². The van der Waals surface area contributed by atoms with Gasteiger partial charge in [0.05, 0.1) is 16.6 Å². The number of nitrogens with zero attached hydrogens (tertiary/aromatic N) is 4. The quantitative estimate of drug-likeness (QED) is 0.387. The van der Waals surface area contributed by atoms with Gasteiger partial charge in [0.25, 0.3) is 0 Å². The molecule has 0 spiro atoms. The SMILES string of the molecule is Cc1cccc(C(c2cccc(C)c2)N2CCC(n3c(=O)c(=O)n(C)c4cc(Cl)cnc43)CC2)c1. The van der Waals surface area contributed by atoms with E-state index in [9.17, 15) is 9.59 Å². The van der Waals surface area contributed by atoms with Crippen LogP contribution in [-0.2, 0) is 7.05 Å². The second-order valence-corrected chi connectivity index (χ2v) is 9.97. The van der Waals surface area contributed by atoms with E-state index in [4.69, 9.17) is 11.6 Å². The van der Waals surface area contributed by atoms with Crippen molar-refractivity contribution in [2.75, 3.05) is 13.1 Å². The van der Waals surface area contributed by atoms with Gasteiger partial charge < -0.3 is 4.57 Å². The summed E-state index contributed by atoms with van der Waals surface area (Å²) in [6.07, 6.45) is 3.03. The second kappa shape index (κ2) is 9.44. The van der Waals surface area contributed by atoms with Crippen LogP contribution in [0, 0.1) is 13.8 Å². The number of likely N-dealkylation sites (tertiary alicyclic amines) is 1. The summed E-state index contributed by atoms with van der Waals surface area (Å²) >= 11 is 6.14. The summed E-state index contributed by atoms with van der Waals surface area (Å²) < 4.78 is 2.94. The number of aromatic nitrogens is 3. The molecule has 0 N–H and O–H groups in total. The van der Waals surface area contributed by atoms with Crippen molar-refractivity contribution in [3.63, 3.8) is 0 Å². The Hall–Kier alpha value is -3.22. The van der Waals surface area contributed by atoms with E-state index < -0.39 is 11.1 Å². The number of aryl methyl sites for hydroxylation is 3. The smallest absolute Gasteiger partial charge is 0.304 e. The predicted octanol–water partition coefficient (Wildman–Crippen LogP) is 4.79. The third-order valence-electron chi connectivity index (χ3n) is 7.05. The first kappa shape index (κ1) is 23.5. The molecule has 3 heterocycles. The minimum absolute atomic E-state index is 0.0977. The monoisotopic (exact) mass is 488 g/mol. The Bertz CT molecular complexity index is 1470. The van der Waals surface area contributed by atoms with Crippen LogP contribution >= 0.6 is 11.6 Å². The van der Waals surface area contributed by atoms with E-state index in [0.29, 0.717) is 16.2 Å². The summed E-state index contributed by atoms with van der Waals surface area (Å²) in [5.74, 6) is 0. The standard InChI is InChI=1S/C28H29ClN4O2/c1-18-6-4-8-20(14-18)25(21-9-5-7-19(2)15-21)32-12-10-23(11-13-32)33-26-24(16-22(29)17-30-26)31(3)27(34)28(33)35/h4-9,14-17,23,25H,10-13H2,1-3H3. The van der Waals surface area contributed by atoms with E-state index in [1.165, 1.54) is 33.0 Å². The Balaban J connectivity index is 1.50. The molecular formula is C28H29ClN4O2. The summed E-state index contributed by atoms with van der Waals surface area (Å²) in [5.41, 5.74) is 5.00. The van der Waals surface area contributed by atoms with Gasteiger partial charge in [0, 0.05) is 32.4 Å². The third kappa shape index (κ3) is 4.44. The number of piperidine rings is 1. The van der Waals surface area contributed by atoms with Gasteiger partial charge in [-0.3, -0.25) is 19.1 Å². The van der Waals surface area contributed by atoms with E-state index in [-0.39, 0.29) is 12.1 Å². The summed E-state index contributed by atoms with van der Waals surface area (Å²) in [7, 11) is 1.59. The maximum absolute atomic E-state index is 13.1. The van der Waals surface area contributed by atoms with Crippen molar-refractivity contribution in [2.24, 2.45) is 7.05 Å². The molecule has 1 fully saturated rings. The highest BCUT2D eigenvalue weighted by atomic mass is 35.5. The van der Waals surface area contributed by atoms with Crippen molar-refractivity contribution in [3.05, 3.63) is 109 Å². The van der Waals surface area contributed by atoms with Gasteiger partial charge in [0.1, 0.15) is 0 Å². The zero-order valence-electron chi connectivity index (χ0n) is 20.2. The van der Waals surface area contributed by atoms with Crippen molar-refractivity contribution in [1.29, 1.82) is 0 Å². The van der Waals surface area contributed by atoms with E-state index in [1.54, 1.807) is 17.7 Å². The molecule has 2 aromatic carbocycles. The van der Waals surface area contributed by atoms with Crippen molar-refractivity contribution in [1.82, 2.24) is 19.0 Å². The highest BCUT2D eigenvalue weighted by Gasteiger charge is 2.30. The maximum atomic E-state index is 13.1. The molecule has 1 aliphatic rings. The Kier molecular flexibility index (Phi) is 6.34. The van der Waals surface area contributed by atoms with Gasteiger partial charge in [0.15, 0.2) is 5.65 Å². The molecule has 0 saturated carbocycles. The van der Waals surface area contributed by atoms with Crippen LogP contribution in [0.5, 0.6) is 0 Å². The lowest BCUT2D eigenvalue weighted by molar-refractivity contribution is 0.153. The minimum atomic E-state index is -0.554. The van der Waals surface area contributed by atoms with Gasteiger partial charge in [-0.2, -0.15) is 0 Å². The molecule has 0 atom stereocenters. The van der Waals surface area contributed by atoms with Crippen molar-refractivity contribution < 1.29 is 0 Å². The third-order valence-corrected chi connectivity index (χ3v) is 7.26. The molecule has 0 radical (unpaired) electrons. The molecule has 0 unspecified atom stereocenters. The Labute approximate surface area is 209 Å². The summed E-state index contributed by atoms with van der Waals surface area (Å²) in [5, 5.41) is 0.437. The fraction of sp³-hybridized carbons (Fsp3) is 0.321. The van der Waals surface area contributed by atoms with Gasteiger partial charge >= 0.3 is 11.1 Å². The van der Waals surface area contributed by atoms with Crippen LogP contribution in [-0.4, -0.2) is 32.1 Å². The van der Waals surface area contributed by atoms with Crippen LogP contribution in [0.3, 0.4) is 0 Å². The van der Waals surface area contributed by atoms with E-state index in [0.717, 1.165) is 25.9 Å². The van der Waals surface area contributed by atoms with Crippen LogP contribution in [0.1, 0.15) is 47.2 Å². The van der Waals surface area contributed by atoms with Gasteiger partial charge in [0.2, 0.25) is 0 Å². The average molecular weight is 489 g/mol. The minimum Gasteiger partial charge on any atom is -0.304 e. The molecule has 0 aliphatic carbocycles. The Morgan fingerprint density at radius 1 is 0.914 bits per heavy atom. The molecule has 1 saturated heterocycles. The largest absolute Gasteiger partial charge is 0.318 e. The molecule has 4 aromatic rings. The number of halogens is 1. The zero-order chi connectivity index (χ0) is 24.7. The predicted molar refractivity (Wildman–Crippen MR) is 140 cm³/mol. The average Bonchev–Trinajstić information content (AvgIpc) is 2.84. The topological polar surface area (TPSA) is 60.1 Å². The highest BCUT2D eigenvalue weighted by molar-refractivity contribution is 6.31. The number of hydrogen-bond acceptors (Lipinski definition) is 4. The van der Waals surface area contributed by atoms with Crippen LogP contribution in [0.25, 0.3) is 11.2 Å². The molecule has 0 bridgehead atoms. The van der Waals surface area contributed by atoms with Crippen LogP contribution in [0.2, 0.25) is 5.02 Å². The number of benzene rings is 2. The summed E-state index contributed by atoms with van der Waals surface area (Å²) in [6.45, 7) is 5.84. The lowest BCUT2D eigenvalue weighted by Crippen LogP contribution is -2.45. The molecule has 5 rings (SSSR count). The maximum Gasteiger partial charge on any atom is 0.318 e.